The maximum atomic E-state index is 11.5. The van der Waals surface area contributed by atoms with E-state index in [4.69, 9.17) is 5.73 Å². The molecule has 0 aromatic rings. The van der Waals surface area contributed by atoms with E-state index < -0.39 is 17.9 Å². The third-order valence-electron chi connectivity index (χ3n) is 2.81. The number of nitrogens with one attached hydrogen (secondary N) is 1. The third kappa shape index (κ3) is 13.0. The van der Waals surface area contributed by atoms with Crippen LogP contribution in [0.3, 0.4) is 0 Å². The van der Waals surface area contributed by atoms with Crippen molar-refractivity contribution in [3.8, 4) is 0 Å². The number of carbonyl (C=O) groups excluding carboxylic acids is 3. The minimum absolute atomic E-state index is 0. The topological polar surface area (TPSA) is 112 Å². The number of nitrogens with two attached hydrogens (primary N) is 1. The smallest absolute Gasteiger partial charge is 0.548 e. The molecule has 0 aliphatic carbocycles. The molecule has 0 spiro atoms. The third-order valence-corrected chi connectivity index (χ3v) is 2.81. The van der Waals surface area contributed by atoms with Crippen LogP contribution < -0.4 is 67.5 Å². The van der Waals surface area contributed by atoms with E-state index in [0.717, 1.165) is 32.1 Å². The molecule has 0 fully saturated rings. The summed E-state index contributed by atoms with van der Waals surface area (Å²) >= 11 is 0. The van der Waals surface area contributed by atoms with Crippen LogP contribution in [0.4, 0.5) is 0 Å². The van der Waals surface area contributed by atoms with Crippen molar-refractivity contribution in [2.45, 2.75) is 64.3 Å². The second-order valence-electron chi connectivity index (χ2n) is 4.61. The Balaban J connectivity index is 0. The van der Waals surface area contributed by atoms with Gasteiger partial charge in [0.2, 0.25) is 11.8 Å². The van der Waals surface area contributed by atoms with Crippen LogP contribution >= 0.6 is 0 Å². The first-order valence-electron chi connectivity index (χ1n) is 6.75. The average Bonchev–Trinajstić information content (AvgIpc) is 2.33. The van der Waals surface area contributed by atoms with Crippen LogP contribution in [-0.2, 0) is 14.4 Å². The Morgan fingerprint density at radius 3 is 2.20 bits per heavy atom. The number of carbonyl (C=O) groups is 3. The number of carboxylic acids is 1. The Labute approximate surface area is 162 Å². The molecule has 0 aromatic heterocycles. The zero-order valence-electron chi connectivity index (χ0n) is 12.4. The molecular weight excluding hydrogens is 287 g/mol. The van der Waals surface area contributed by atoms with Crippen LogP contribution in [0.1, 0.15) is 58.3 Å². The van der Waals surface area contributed by atoms with Gasteiger partial charge in [-0.05, 0) is 12.8 Å². The zero-order valence-corrected chi connectivity index (χ0v) is 15.6. The molecule has 0 heterocycles. The monoisotopic (exact) mass is 310 g/mol. The molecule has 1 atom stereocenters. The molecule has 2 amide bonds. The summed E-state index contributed by atoms with van der Waals surface area (Å²) in [5, 5.41) is 13.1. The van der Waals surface area contributed by atoms with Gasteiger partial charge in [-0.1, -0.05) is 32.6 Å². The van der Waals surface area contributed by atoms with E-state index in [1.807, 2.05) is 0 Å². The van der Waals surface area contributed by atoms with Crippen LogP contribution in [0.2, 0.25) is 0 Å². The van der Waals surface area contributed by atoms with Crippen molar-refractivity contribution in [2.75, 3.05) is 0 Å². The van der Waals surface area contributed by atoms with E-state index >= 15 is 0 Å². The van der Waals surface area contributed by atoms with Gasteiger partial charge in [0.05, 0.1) is 12.0 Å². The summed E-state index contributed by atoms with van der Waals surface area (Å²) in [7, 11) is 0. The Morgan fingerprint density at radius 2 is 1.70 bits per heavy atom. The quantitative estimate of drug-likeness (QED) is 0.310. The predicted octanol–water partition coefficient (Wildman–Crippen LogP) is -3.15. The number of hydrogen-bond donors (Lipinski definition) is 2. The van der Waals surface area contributed by atoms with Gasteiger partial charge >= 0.3 is 51.4 Å². The summed E-state index contributed by atoms with van der Waals surface area (Å²) < 4.78 is 0. The van der Waals surface area contributed by atoms with Gasteiger partial charge < -0.3 is 21.0 Å². The fourth-order valence-corrected chi connectivity index (χ4v) is 1.69. The van der Waals surface area contributed by atoms with Crippen LogP contribution in [-0.4, -0.2) is 23.8 Å². The van der Waals surface area contributed by atoms with Gasteiger partial charge in [-0.15, -0.1) is 0 Å². The molecule has 0 aliphatic heterocycles. The van der Waals surface area contributed by atoms with Crippen LogP contribution in [0.15, 0.2) is 0 Å². The van der Waals surface area contributed by atoms with Crippen molar-refractivity contribution in [3.63, 3.8) is 0 Å². The van der Waals surface area contributed by atoms with Crippen molar-refractivity contribution >= 4 is 17.8 Å². The van der Waals surface area contributed by atoms with Crippen molar-refractivity contribution in [1.29, 1.82) is 0 Å². The summed E-state index contributed by atoms with van der Waals surface area (Å²) in [6.45, 7) is 2.11. The molecule has 0 saturated heterocycles. The molecular formula is C13H23KN2O4. The molecule has 7 heteroatoms. The van der Waals surface area contributed by atoms with Crippen LogP contribution in [0.25, 0.3) is 0 Å². The molecule has 0 unspecified atom stereocenters. The molecule has 0 saturated carbocycles. The van der Waals surface area contributed by atoms with E-state index in [1.54, 1.807) is 0 Å². The molecule has 6 nitrogen and oxygen atoms in total. The number of carboxylic acid groups (broad SMARTS) is 1. The normalized spacial score (nSPS) is 11.2. The standard InChI is InChI=1S/C13H24N2O4.K/c1-2-3-4-5-6-7-12(17)15-10(13(18)19)8-9-11(14)16;/h10H,2-9H2,1H3,(H2,14,16)(H,15,17)(H,18,19);/q;+1/p-1/t10-;/m0./s1. The van der Waals surface area contributed by atoms with Gasteiger partial charge in [0.25, 0.3) is 0 Å². The number of amides is 2. The first-order chi connectivity index (χ1) is 8.97. The summed E-state index contributed by atoms with van der Waals surface area (Å²) in [5.41, 5.74) is 4.93. The maximum absolute atomic E-state index is 11.5. The Kier molecular flexibility index (Phi) is 15.6. The second kappa shape index (κ2) is 14.0. The van der Waals surface area contributed by atoms with Crippen LogP contribution in [0, 0.1) is 0 Å². The first-order valence-corrected chi connectivity index (χ1v) is 6.75. The van der Waals surface area contributed by atoms with Crippen molar-refractivity contribution in [3.05, 3.63) is 0 Å². The fraction of sp³-hybridized carbons (Fsp3) is 0.769. The van der Waals surface area contributed by atoms with Gasteiger partial charge in [0.1, 0.15) is 0 Å². The SMILES string of the molecule is CCCCCCCC(=O)N[C@@H](CCC(N)=O)C(=O)[O-].[K+]. The Morgan fingerprint density at radius 1 is 1.10 bits per heavy atom. The Bertz CT molecular complexity index is 311. The first kappa shape index (κ1) is 22.3. The van der Waals surface area contributed by atoms with Crippen molar-refractivity contribution < 1.29 is 70.9 Å². The van der Waals surface area contributed by atoms with E-state index in [2.05, 4.69) is 12.2 Å². The number of aliphatic carboxylic acids is 1. The molecule has 20 heavy (non-hydrogen) atoms. The predicted molar refractivity (Wildman–Crippen MR) is 68.7 cm³/mol. The molecule has 0 rings (SSSR count). The van der Waals surface area contributed by atoms with Gasteiger partial charge in [-0.3, -0.25) is 9.59 Å². The van der Waals surface area contributed by atoms with Crippen molar-refractivity contribution in [2.24, 2.45) is 5.73 Å². The molecule has 0 aromatic carbocycles. The maximum Gasteiger partial charge on any atom is 1.00 e. The molecule has 0 bridgehead atoms. The zero-order chi connectivity index (χ0) is 14.7. The number of unbranched alkanes of at least 4 members (excludes halogenated alkanes) is 4. The van der Waals surface area contributed by atoms with Gasteiger partial charge in [-0.2, -0.15) is 0 Å². The molecule has 0 aliphatic rings. The largest absolute Gasteiger partial charge is 1.00 e. The van der Waals surface area contributed by atoms with E-state index in [9.17, 15) is 19.5 Å². The summed E-state index contributed by atoms with van der Waals surface area (Å²) in [4.78, 5) is 32.9. The second-order valence-corrected chi connectivity index (χ2v) is 4.61. The molecule has 110 valence electrons. The molecule has 0 radical (unpaired) electrons. The van der Waals surface area contributed by atoms with E-state index in [-0.39, 0.29) is 70.1 Å². The average molecular weight is 310 g/mol. The van der Waals surface area contributed by atoms with Crippen LogP contribution in [0.5, 0.6) is 0 Å². The fourth-order valence-electron chi connectivity index (χ4n) is 1.69. The van der Waals surface area contributed by atoms with E-state index in [1.165, 1.54) is 0 Å². The number of rotatable bonds is 11. The van der Waals surface area contributed by atoms with Gasteiger partial charge in [0, 0.05) is 12.8 Å². The minimum atomic E-state index is -1.39. The minimum Gasteiger partial charge on any atom is -0.548 e. The molecule has 3 N–H and O–H groups in total. The summed E-state index contributed by atoms with van der Waals surface area (Å²) in [6, 6.07) is -1.14. The van der Waals surface area contributed by atoms with Crippen molar-refractivity contribution in [1.82, 2.24) is 5.32 Å². The van der Waals surface area contributed by atoms with Gasteiger partial charge in [-0.25, -0.2) is 0 Å². The summed E-state index contributed by atoms with van der Waals surface area (Å²) in [6.07, 6.45) is 5.22. The summed E-state index contributed by atoms with van der Waals surface area (Å²) in [5.74, 6) is -2.31. The van der Waals surface area contributed by atoms with E-state index in [0.29, 0.717) is 6.42 Å². The number of primary amides is 1. The number of hydrogen-bond acceptors (Lipinski definition) is 4. The van der Waals surface area contributed by atoms with Gasteiger partial charge in [0.15, 0.2) is 0 Å². The Hall–Kier alpha value is 0.0464.